The summed E-state index contributed by atoms with van der Waals surface area (Å²) in [6.45, 7) is 15.3. The molecule has 4 aliphatic carbocycles. The van der Waals surface area contributed by atoms with Gasteiger partial charge in [-0.1, -0.05) is 78.9 Å². The van der Waals surface area contributed by atoms with Crippen LogP contribution in [0.15, 0.2) is 11.6 Å². The van der Waals surface area contributed by atoms with E-state index >= 15 is 0 Å². The Labute approximate surface area is 176 Å². The molecule has 28 heavy (non-hydrogen) atoms. The van der Waals surface area contributed by atoms with Gasteiger partial charge in [-0.2, -0.15) is 0 Å². The van der Waals surface area contributed by atoms with Crippen LogP contribution in [0, 0.1) is 52.3 Å². The maximum atomic E-state index is 2.79. The highest BCUT2D eigenvalue weighted by molar-refractivity contribution is 5.27. The summed E-state index contributed by atoms with van der Waals surface area (Å²) in [5, 5.41) is 0. The number of hydrogen-bond donors (Lipinski definition) is 0. The minimum Gasteiger partial charge on any atom is -0.0844 e. The highest BCUT2D eigenvalue weighted by Crippen LogP contribution is 2.67. The first kappa shape index (κ1) is 21.0. The summed E-state index contributed by atoms with van der Waals surface area (Å²) in [4.78, 5) is 0. The van der Waals surface area contributed by atoms with Crippen LogP contribution in [0.1, 0.15) is 112 Å². The van der Waals surface area contributed by atoms with Crippen molar-refractivity contribution in [1.82, 2.24) is 0 Å². The van der Waals surface area contributed by atoms with E-state index in [4.69, 9.17) is 0 Å². The average Bonchev–Trinajstić information content (AvgIpc) is 2.99. The maximum absolute atomic E-state index is 2.79. The monoisotopic (exact) mass is 384 g/mol. The summed E-state index contributed by atoms with van der Waals surface area (Å²) in [7, 11) is 0. The van der Waals surface area contributed by atoms with E-state index < -0.39 is 0 Å². The molecular formula is C28H48. The smallest absolute Gasteiger partial charge is 0.0143 e. The van der Waals surface area contributed by atoms with E-state index in [2.05, 4.69) is 47.6 Å². The van der Waals surface area contributed by atoms with Crippen molar-refractivity contribution in [2.45, 2.75) is 112 Å². The molecule has 3 saturated carbocycles. The van der Waals surface area contributed by atoms with Crippen molar-refractivity contribution < 1.29 is 0 Å². The molecule has 0 amide bonds. The van der Waals surface area contributed by atoms with Crippen LogP contribution in [0.25, 0.3) is 0 Å². The topological polar surface area (TPSA) is 0 Å². The summed E-state index contributed by atoms with van der Waals surface area (Å²) < 4.78 is 0. The van der Waals surface area contributed by atoms with Gasteiger partial charge in [0.05, 0.1) is 0 Å². The van der Waals surface area contributed by atoms with E-state index in [1.807, 2.05) is 5.57 Å². The number of allylic oxidation sites excluding steroid dienone is 2. The molecule has 0 aromatic heterocycles. The molecule has 0 N–H and O–H groups in total. The second kappa shape index (κ2) is 7.77. The fourth-order valence-electron chi connectivity index (χ4n) is 8.75. The third-order valence-electron chi connectivity index (χ3n) is 10.5. The van der Waals surface area contributed by atoms with Crippen LogP contribution in [-0.2, 0) is 0 Å². The molecule has 4 aliphatic rings. The predicted molar refractivity (Wildman–Crippen MR) is 122 cm³/mol. The van der Waals surface area contributed by atoms with E-state index in [1.54, 1.807) is 0 Å². The van der Waals surface area contributed by atoms with E-state index in [-0.39, 0.29) is 0 Å². The second-order valence-corrected chi connectivity index (χ2v) is 12.7. The first-order valence-corrected chi connectivity index (χ1v) is 13.0. The Morgan fingerprint density at radius 1 is 0.929 bits per heavy atom. The van der Waals surface area contributed by atoms with Crippen molar-refractivity contribution in [2.75, 3.05) is 0 Å². The van der Waals surface area contributed by atoms with Crippen LogP contribution in [0.2, 0.25) is 0 Å². The van der Waals surface area contributed by atoms with Gasteiger partial charge in [0.1, 0.15) is 0 Å². The Morgan fingerprint density at radius 2 is 1.64 bits per heavy atom. The molecule has 0 saturated heterocycles. The standard InChI is InChI=1S/C28H48/c1-19(2)8-7-9-21(4)24-12-13-25-23-11-10-22-18-20(3)14-16-27(22,5)26(23)15-17-28(24,25)6/h11,19-22,24-26H,7-10,12-18H2,1-6H3. The highest BCUT2D eigenvalue weighted by Gasteiger charge is 2.57. The normalized spacial score (nSPS) is 46.5. The zero-order valence-corrected chi connectivity index (χ0v) is 19.9. The quantitative estimate of drug-likeness (QED) is 0.416. The van der Waals surface area contributed by atoms with Gasteiger partial charge in [-0.15, -0.1) is 0 Å². The van der Waals surface area contributed by atoms with Crippen LogP contribution in [-0.4, -0.2) is 0 Å². The van der Waals surface area contributed by atoms with Gasteiger partial charge < -0.3 is 0 Å². The molecule has 0 aromatic carbocycles. The molecule has 0 heteroatoms. The molecule has 8 atom stereocenters. The zero-order valence-electron chi connectivity index (χ0n) is 19.9. The maximum Gasteiger partial charge on any atom is -0.0143 e. The summed E-state index contributed by atoms with van der Waals surface area (Å²) in [5.74, 6) is 6.55. The Balaban J connectivity index is 1.50. The lowest BCUT2D eigenvalue weighted by atomic mass is 9.47. The molecule has 0 heterocycles. The van der Waals surface area contributed by atoms with E-state index in [1.165, 1.54) is 70.6 Å². The molecule has 0 bridgehead atoms. The number of fused-ring (bicyclic) bond motifs is 5. The van der Waals surface area contributed by atoms with Gasteiger partial charge >= 0.3 is 0 Å². The Morgan fingerprint density at radius 3 is 2.39 bits per heavy atom. The second-order valence-electron chi connectivity index (χ2n) is 12.7. The van der Waals surface area contributed by atoms with E-state index in [9.17, 15) is 0 Å². The average molecular weight is 385 g/mol. The first-order valence-electron chi connectivity index (χ1n) is 13.0. The number of rotatable bonds is 5. The van der Waals surface area contributed by atoms with Gasteiger partial charge in [0, 0.05) is 0 Å². The van der Waals surface area contributed by atoms with Gasteiger partial charge in [-0.25, -0.2) is 0 Å². The van der Waals surface area contributed by atoms with Crippen LogP contribution >= 0.6 is 0 Å². The molecule has 0 aliphatic heterocycles. The van der Waals surface area contributed by atoms with Crippen LogP contribution < -0.4 is 0 Å². The van der Waals surface area contributed by atoms with Gasteiger partial charge in [-0.05, 0) is 97.2 Å². The highest BCUT2D eigenvalue weighted by atomic mass is 14.6. The molecule has 4 rings (SSSR count). The summed E-state index contributed by atoms with van der Waals surface area (Å²) in [6, 6.07) is 0. The minimum atomic E-state index is 0.602. The fourth-order valence-corrected chi connectivity index (χ4v) is 8.75. The van der Waals surface area contributed by atoms with Crippen molar-refractivity contribution in [1.29, 1.82) is 0 Å². The molecular weight excluding hydrogens is 336 g/mol. The molecule has 8 unspecified atom stereocenters. The summed E-state index contributed by atoms with van der Waals surface area (Å²) in [5.41, 5.74) is 3.18. The van der Waals surface area contributed by atoms with E-state index in [0.29, 0.717) is 10.8 Å². The number of hydrogen-bond acceptors (Lipinski definition) is 0. The Kier molecular flexibility index (Phi) is 5.83. The van der Waals surface area contributed by atoms with Crippen molar-refractivity contribution in [2.24, 2.45) is 52.3 Å². The van der Waals surface area contributed by atoms with Crippen molar-refractivity contribution >= 4 is 0 Å². The summed E-state index contributed by atoms with van der Waals surface area (Å²) in [6.07, 6.45) is 19.0. The lowest BCUT2D eigenvalue weighted by Gasteiger charge is -2.58. The van der Waals surface area contributed by atoms with Gasteiger partial charge in [0.25, 0.3) is 0 Å². The SMILES string of the molecule is CC(C)CCCC(C)C1CCC2C3=CCC4CC(C)CCC4(C)C3CCC21C. The third kappa shape index (κ3) is 3.43. The first-order chi connectivity index (χ1) is 13.3. The van der Waals surface area contributed by atoms with Gasteiger partial charge in [-0.3, -0.25) is 0 Å². The molecule has 0 nitrogen and oxygen atoms in total. The lowest BCUT2D eigenvalue weighted by molar-refractivity contribution is -0.0187. The predicted octanol–water partition coefficient (Wildman–Crippen LogP) is 8.66. The Hall–Kier alpha value is -0.260. The van der Waals surface area contributed by atoms with Crippen molar-refractivity contribution in [3.05, 3.63) is 11.6 Å². The van der Waals surface area contributed by atoms with Crippen molar-refractivity contribution in [3.63, 3.8) is 0 Å². The minimum absolute atomic E-state index is 0.602. The molecule has 0 spiro atoms. The van der Waals surface area contributed by atoms with Gasteiger partial charge in [0.15, 0.2) is 0 Å². The Bertz CT molecular complexity index is 585. The molecule has 160 valence electrons. The van der Waals surface area contributed by atoms with Crippen molar-refractivity contribution in [3.8, 4) is 0 Å². The molecule has 0 aromatic rings. The summed E-state index contributed by atoms with van der Waals surface area (Å²) >= 11 is 0. The molecule has 3 fully saturated rings. The molecule has 0 radical (unpaired) electrons. The van der Waals surface area contributed by atoms with Crippen LogP contribution in [0.3, 0.4) is 0 Å². The van der Waals surface area contributed by atoms with Crippen LogP contribution in [0.5, 0.6) is 0 Å². The fraction of sp³-hybridized carbons (Fsp3) is 0.929. The largest absolute Gasteiger partial charge is 0.0844 e. The van der Waals surface area contributed by atoms with E-state index in [0.717, 1.165) is 41.4 Å². The van der Waals surface area contributed by atoms with Gasteiger partial charge in [0.2, 0.25) is 0 Å². The third-order valence-corrected chi connectivity index (χ3v) is 10.5. The lowest BCUT2D eigenvalue weighted by Crippen LogP contribution is -2.49. The zero-order chi connectivity index (χ0) is 20.1. The van der Waals surface area contributed by atoms with Crippen LogP contribution in [0.4, 0.5) is 0 Å².